The van der Waals surface area contributed by atoms with Gasteiger partial charge >= 0.3 is 17.7 Å². The van der Waals surface area contributed by atoms with Crippen molar-refractivity contribution in [1.29, 1.82) is 0 Å². The number of hydrogen-bond acceptors (Lipinski definition) is 16. The van der Waals surface area contributed by atoms with Crippen LogP contribution < -0.4 is 20.8 Å². The second kappa shape index (κ2) is 20.5. The smallest absolute Gasteiger partial charge is 0.317 e. The van der Waals surface area contributed by atoms with Gasteiger partial charge in [0.2, 0.25) is 0 Å². The average molecular weight is 958 g/mol. The highest BCUT2D eigenvalue weighted by Gasteiger charge is 2.50. The molecule has 6 aliphatic heterocycles. The van der Waals surface area contributed by atoms with Gasteiger partial charge in [-0.3, -0.25) is 29.2 Å². The summed E-state index contributed by atoms with van der Waals surface area (Å²) in [6.07, 6.45) is 6.29. The number of ether oxygens (including phenoxy) is 4. The lowest BCUT2D eigenvalue weighted by atomic mass is 9.79. The summed E-state index contributed by atoms with van der Waals surface area (Å²) in [6.45, 7) is 19.7. The van der Waals surface area contributed by atoms with Crippen LogP contribution in [0, 0.1) is 36.5 Å². The fourth-order valence-corrected chi connectivity index (χ4v) is 10.4. The molecule has 6 aliphatic rings. The van der Waals surface area contributed by atoms with Crippen LogP contribution in [0.15, 0.2) is 46.1 Å². The number of anilines is 1. The van der Waals surface area contributed by atoms with Crippen LogP contribution in [0.2, 0.25) is 0 Å². The molecule has 1 spiro atoms. The fraction of sp³-hybridized carbons (Fsp3) is 0.615. The number of nitrogens with one attached hydrogen (secondary N) is 1. The number of likely N-dealkylation sites (tertiary alicyclic amines) is 2. The highest BCUT2D eigenvalue weighted by Crippen LogP contribution is 2.50. The summed E-state index contributed by atoms with van der Waals surface area (Å²) in [6, 6.07) is 0. The first-order valence-corrected chi connectivity index (χ1v) is 24.5. The number of carbonyl (C=O) groups is 4. The second-order valence-corrected chi connectivity index (χ2v) is 20.7. The maximum atomic E-state index is 14.8. The molecule has 17 heteroatoms. The number of nitrogens with zero attached hydrogens (tertiary/aromatic N) is 4. The number of rotatable bonds is 6. The molecule has 0 saturated carbocycles. The van der Waals surface area contributed by atoms with Crippen molar-refractivity contribution in [3.05, 3.63) is 58.0 Å². The van der Waals surface area contributed by atoms with E-state index in [0.29, 0.717) is 44.7 Å². The molecule has 69 heavy (non-hydrogen) atoms. The van der Waals surface area contributed by atoms with Crippen molar-refractivity contribution in [2.24, 2.45) is 39.6 Å². The van der Waals surface area contributed by atoms with Gasteiger partial charge < -0.3 is 54.5 Å². The average Bonchev–Trinajstić information content (AvgIpc) is 3.80. The van der Waals surface area contributed by atoms with E-state index in [1.54, 1.807) is 58.9 Å². The van der Waals surface area contributed by atoms with Gasteiger partial charge in [-0.25, -0.2) is 0 Å². The van der Waals surface area contributed by atoms with E-state index in [-0.39, 0.29) is 67.9 Å². The van der Waals surface area contributed by atoms with E-state index in [9.17, 15) is 39.6 Å². The standard InChI is InChI=1S/C52H71N5O12/c1-27(2)26-57-22-18-52(19-23-57)54-40-37-38-45(62)33(8)48-39(37)49(64)51(9,69-48)66-24-12-15-29(4)47(68-36(59)25-35(58)67-34-16-20-56(10)21-17-34)32(7)44(61)31(6)43(60)28(3)13-11-14-30(5)50(65)53-42(46(38)63)41(40)55-52/h11-14,24,27-29,31-32,34,43-44,47,60-63H,15-23,25-26H2,1-10H3,(H,53,65)/b13-11+,24-12+,30-14-/t28?,29-,31-,32-,43+,44?,47?,51+/m1/s1. The third-order valence-corrected chi connectivity index (χ3v) is 14.7. The first-order valence-electron chi connectivity index (χ1n) is 24.5. The van der Waals surface area contributed by atoms with Crippen molar-refractivity contribution in [2.45, 2.75) is 137 Å². The largest absolute Gasteiger partial charge is 0.507 e. The minimum atomic E-state index is -1.95. The summed E-state index contributed by atoms with van der Waals surface area (Å²) in [5.74, 6) is -7.51. The van der Waals surface area contributed by atoms with E-state index >= 15 is 0 Å². The molecule has 376 valence electrons. The molecule has 2 saturated heterocycles. The number of aromatic hydroxyl groups is 2. The number of aliphatic hydroxyl groups is 2. The van der Waals surface area contributed by atoms with E-state index in [0.717, 1.165) is 19.6 Å². The molecule has 3 unspecified atom stereocenters. The predicted octanol–water partition coefficient (Wildman–Crippen LogP) is 5.13. The number of amides is 1. The topological polar surface area (TPSA) is 229 Å². The molecular weight excluding hydrogens is 887 g/mol. The fourth-order valence-electron chi connectivity index (χ4n) is 10.4. The third kappa shape index (κ3) is 10.6. The number of aliphatic hydroxyl groups excluding tert-OH is 2. The maximum absolute atomic E-state index is 14.8. The van der Waals surface area contributed by atoms with Gasteiger partial charge in [0.15, 0.2) is 11.4 Å². The molecule has 5 N–H and O–H groups in total. The highest BCUT2D eigenvalue weighted by molar-refractivity contribution is 6.19. The molecule has 0 aliphatic carbocycles. The minimum Gasteiger partial charge on any atom is -0.507 e. The highest BCUT2D eigenvalue weighted by atomic mass is 16.7. The van der Waals surface area contributed by atoms with Crippen molar-refractivity contribution < 1.29 is 58.6 Å². The van der Waals surface area contributed by atoms with Crippen molar-refractivity contribution in [3.63, 3.8) is 0 Å². The number of esters is 2. The number of fused-ring (bicyclic) bond motifs is 13. The number of phenols is 2. The zero-order chi connectivity index (χ0) is 50.3. The first kappa shape index (κ1) is 51.5. The molecule has 2 fully saturated rings. The van der Waals surface area contributed by atoms with Crippen LogP contribution in [-0.2, 0) is 28.6 Å². The summed E-state index contributed by atoms with van der Waals surface area (Å²) < 4.78 is 24.0. The Balaban J connectivity index is 1.27. The van der Waals surface area contributed by atoms with Crippen molar-refractivity contribution in [2.75, 3.05) is 45.1 Å². The first-order chi connectivity index (χ1) is 32.5. The number of ketones is 1. The molecule has 2 aromatic rings. The number of benzene rings is 2. The zero-order valence-electron chi connectivity index (χ0n) is 41.7. The number of phenolic OH excluding ortho intramolecular Hbond substituents is 2. The summed E-state index contributed by atoms with van der Waals surface area (Å²) in [5.41, 5.74) is -0.610. The van der Waals surface area contributed by atoms with Gasteiger partial charge in [0.25, 0.3) is 11.7 Å². The van der Waals surface area contributed by atoms with Gasteiger partial charge in [-0.05, 0) is 58.1 Å². The van der Waals surface area contributed by atoms with Crippen molar-refractivity contribution in [3.8, 4) is 17.2 Å². The molecule has 8 atom stereocenters. The van der Waals surface area contributed by atoms with Crippen LogP contribution in [0.1, 0.15) is 110 Å². The Bertz CT molecular complexity index is 2560. The number of piperidine rings is 2. The molecule has 1 amide bonds. The van der Waals surface area contributed by atoms with Gasteiger partial charge in [0.1, 0.15) is 41.2 Å². The van der Waals surface area contributed by atoms with Crippen LogP contribution in [0.25, 0.3) is 10.8 Å². The Morgan fingerprint density at radius 3 is 2.23 bits per heavy atom. The molecule has 6 heterocycles. The lowest BCUT2D eigenvalue weighted by Gasteiger charge is -2.36. The van der Waals surface area contributed by atoms with E-state index in [1.807, 2.05) is 14.0 Å². The Morgan fingerprint density at radius 2 is 1.57 bits per heavy atom. The Hall–Kier alpha value is -5.36. The van der Waals surface area contributed by atoms with E-state index in [4.69, 9.17) is 28.9 Å². The van der Waals surface area contributed by atoms with E-state index in [2.05, 4.69) is 29.0 Å². The lowest BCUT2D eigenvalue weighted by Crippen LogP contribution is -2.44. The Morgan fingerprint density at radius 1 is 0.913 bits per heavy atom. The molecule has 2 aromatic carbocycles. The summed E-state index contributed by atoms with van der Waals surface area (Å²) in [4.78, 5) is 69.9. The van der Waals surface area contributed by atoms with E-state index in [1.165, 1.54) is 13.2 Å². The molecule has 17 nitrogen and oxygen atoms in total. The van der Waals surface area contributed by atoms with Crippen LogP contribution in [-0.4, -0.2) is 129 Å². The SMILES string of the molecule is C/C1=C/C=C/C(C)[C@H](O)[C@@H](C)C(O)[C@@H](C)C(OC(=O)CC(=O)OC2CCN(C)CC2)[C@H](C)C/C=C/O[C@@]2(C)Oc3c(C)c(O)c4c(O)c(c5c(c4c3C2=O)=NC2(CCN(CC(C)C)CC2)N=5)NC1=O. The van der Waals surface area contributed by atoms with Gasteiger partial charge in [-0.1, -0.05) is 59.8 Å². The molecule has 0 radical (unpaired) electrons. The van der Waals surface area contributed by atoms with Gasteiger partial charge in [-0.2, -0.15) is 0 Å². The minimum absolute atomic E-state index is 0.0347. The summed E-state index contributed by atoms with van der Waals surface area (Å²) in [7, 11) is 1.99. The summed E-state index contributed by atoms with van der Waals surface area (Å²) >= 11 is 0. The second-order valence-electron chi connectivity index (χ2n) is 20.7. The molecule has 0 aromatic heterocycles. The number of carbonyl (C=O) groups excluding carboxylic acids is 4. The molecule has 8 rings (SSSR count). The Kier molecular flexibility index (Phi) is 15.3. The van der Waals surface area contributed by atoms with Crippen LogP contribution >= 0.6 is 0 Å². The van der Waals surface area contributed by atoms with E-state index < -0.39 is 89.2 Å². The number of Topliss-reactive ketones (excluding diaryl/α,β-unsaturated/α-hetero) is 1. The van der Waals surface area contributed by atoms with Crippen molar-refractivity contribution >= 4 is 40.1 Å². The monoisotopic (exact) mass is 958 g/mol. The normalized spacial score (nSPS) is 31.0. The third-order valence-electron chi connectivity index (χ3n) is 14.7. The van der Waals surface area contributed by atoms with Gasteiger partial charge in [-0.15, -0.1) is 0 Å². The Labute approximate surface area is 403 Å². The van der Waals surface area contributed by atoms with Crippen molar-refractivity contribution in [1.82, 2.24) is 9.80 Å². The summed E-state index contributed by atoms with van der Waals surface area (Å²) in [5, 5.41) is 50.6. The quantitative estimate of drug-likeness (QED) is 0.144. The number of hydrogen-bond donors (Lipinski definition) is 5. The van der Waals surface area contributed by atoms with Crippen LogP contribution in [0.3, 0.4) is 0 Å². The van der Waals surface area contributed by atoms with Crippen LogP contribution in [0.5, 0.6) is 17.2 Å². The zero-order valence-corrected chi connectivity index (χ0v) is 41.7. The molecular formula is C52H71N5O12. The molecule has 5 bridgehead atoms. The predicted molar refractivity (Wildman–Crippen MR) is 257 cm³/mol. The lowest BCUT2D eigenvalue weighted by molar-refractivity contribution is -0.167. The van der Waals surface area contributed by atoms with Crippen LogP contribution in [0.4, 0.5) is 5.69 Å². The van der Waals surface area contributed by atoms with Gasteiger partial charge in [0, 0.05) is 86.8 Å². The number of allylic oxidation sites excluding steroid dienone is 3. The maximum Gasteiger partial charge on any atom is 0.317 e. The van der Waals surface area contributed by atoms with Gasteiger partial charge in [0.05, 0.1) is 34.8 Å².